The van der Waals surface area contributed by atoms with Gasteiger partial charge in [0.05, 0.1) is 11.6 Å². The molecule has 2 unspecified atom stereocenters. The topological polar surface area (TPSA) is 21.3 Å². The second kappa shape index (κ2) is 2.67. The number of ether oxygens (including phenoxy) is 1. The highest BCUT2D eigenvalue weighted by Crippen LogP contribution is 2.11. The van der Waals surface area contributed by atoms with Gasteiger partial charge in [-0.2, -0.15) is 0 Å². The molecule has 0 saturated carbocycles. The Kier molecular flexibility index (Phi) is 2.11. The molecule has 0 amide bonds. The van der Waals surface area contributed by atoms with E-state index in [0.717, 1.165) is 13.0 Å². The van der Waals surface area contributed by atoms with Crippen LogP contribution in [0.15, 0.2) is 0 Å². The molecule has 1 aliphatic heterocycles. The van der Waals surface area contributed by atoms with Crippen LogP contribution < -0.4 is 5.32 Å². The molecule has 1 heterocycles. The summed E-state index contributed by atoms with van der Waals surface area (Å²) < 4.78 is 5.03. The molecule has 8 heavy (non-hydrogen) atoms. The maximum absolute atomic E-state index is 5.69. The molecule has 1 saturated heterocycles. The first-order valence-corrected chi connectivity index (χ1v) is 3.17. The zero-order chi connectivity index (χ0) is 5.98. The number of hydrogen-bond acceptors (Lipinski definition) is 2. The minimum atomic E-state index is 0.125. The largest absolute Gasteiger partial charge is 0.380 e. The lowest BCUT2D eigenvalue weighted by Gasteiger charge is -2.01. The number of methoxy groups -OCH3 is 1. The van der Waals surface area contributed by atoms with Crippen LogP contribution in [0.25, 0.3) is 0 Å². The molecule has 3 heteroatoms. The minimum Gasteiger partial charge on any atom is -0.380 e. The van der Waals surface area contributed by atoms with E-state index in [-0.39, 0.29) is 5.50 Å². The van der Waals surface area contributed by atoms with E-state index >= 15 is 0 Å². The molecule has 1 fully saturated rings. The van der Waals surface area contributed by atoms with Gasteiger partial charge in [0.2, 0.25) is 0 Å². The number of hydrogen-bond donors (Lipinski definition) is 1. The minimum absolute atomic E-state index is 0.125. The van der Waals surface area contributed by atoms with Gasteiger partial charge >= 0.3 is 0 Å². The van der Waals surface area contributed by atoms with Crippen molar-refractivity contribution in [2.24, 2.45) is 0 Å². The maximum Gasteiger partial charge on any atom is 0.0851 e. The summed E-state index contributed by atoms with van der Waals surface area (Å²) in [5.74, 6) is 0. The fraction of sp³-hybridized carbons (Fsp3) is 1.00. The summed E-state index contributed by atoms with van der Waals surface area (Å²) in [6.45, 7) is 0.894. The molecule has 0 aromatic rings. The van der Waals surface area contributed by atoms with Gasteiger partial charge in [0.1, 0.15) is 0 Å². The first-order chi connectivity index (χ1) is 3.83. The fourth-order valence-electron chi connectivity index (χ4n) is 0.836. The summed E-state index contributed by atoms with van der Waals surface area (Å²) in [5.41, 5.74) is 0.125. The van der Waals surface area contributed by atoms with Crippen molar-refractivity contribution in [3.63, 3.8) is 0 Å². The standard InChI is InChI=1S/C5H10ClNO/c1-8-4-2-5(6)7-3-4/h4-5,7H,2-3H2,1H3. The molecule has 0 aliphatic carbocycles. The van der Waals surface area contributed by atoms with E-state index in [2.05, 4.69) is 5.32 Å². The van der Waals surface area contributed by atoms with Crippen molar-refractivity contribution in [3.8, 4) is 0 Å². The van der Waals surface area contributed by atoms with E-state index in [1.807, 2.05) is 0 Å². The Morgan fingerprint density at radius 3 is 2.75 bits per heavy atom. The molecular formula is C5H10ClNO. The van der Waals surface area contributed by atoms with Gasteiger partial charge in [-0.05, 0) is 0 Å². The van der Waals surface area contributed by atoms with Gasteiger partial charge in [-0.15, -0.1) is 11.6 Å². The van der Waals surface area contributed by atoms with E-state index in [4.69, 9.17) is 16.3 Å². The number of alkyl halides is 1. The summed E-state index contributed by atoms with van der Waals surface area (Å²) >= 11 is 5.69. The van der Waals surface area contributed by atoms with Crippen LogP contribution in [-0.2, 0) is 4.74 Å². The molecule has 0 spiro atoms. The monoisotopic (exact) mass is 135 g/mol. The Morgan fingerprint density at radius 2 is 2.50 bits per heavy atom. The molecule has 1 aliphatic rings. The second-order valence-electron chi connectivity index (χ2n) is 1.97. The fourth-order valence-corrected chi connectivity index (χ4v) is 1.12. The second-order valence-corrected chi connectivity index (χ2v) is 2.50. The highest BCUT2D eigenvalue weighted by atomic mass is 35.5. The number of nitrogens with one attached hydrogen (secondary N) is 1. The van der Waals surface area contributed by atoms with Gasteiger partial charge in [-0.1, -0.05) is 0 Å². The molecule has 0 aromatic heterocycles. The average Bonchev–Trinajstić information content (AvgIpc) is 2.14. The SMILES string of the molecule is COC1CNC(Cl)C1. The Hall–Kier alpha value is 0.210. The molecule has 0 aromatic carbocycles. The first kappa shape index (κ1) is 6.33. The number of halogens is 1. The van der Waals surface area contributed by atoms with Gasteiger partial charge in [-0.3, -0.25) is 5.32 Å². The lowest BCUT2D eigenvalue weighted by atomic mass is 10.3. The van der Waals surface area contributed by atoms with E-state index in [1.165, 1.54) is 0 Å². The molecule has 0 radical (unpaired) electrons. The molecule has 2 atom stereocenters. The van der Waals surface area contributed by atoms with Crippen molar-refractivity contribution in [1.29, 1.82) is 0 Å². The van der Waals surface area contributed by atoms with Crippen LogP contribution in [0.2, 0.25) is 0 Å². The van der Waals surface area contributed by atoms with Gasteiger partial charge in [0, 0.05) is 20.1 Å². The summed E-state index contributed by atoms with van der Waals surface area (Å²) in [4.78, 5) is 0. The maximum atomic E-state index is 5.69. The van der Waals surface area contributed by atoms with Crippen LogP contribution in [0.4, 0.5) is 0 Å². The highest BCUT2D eigenvalue weighted by molar-refractivity contribution is 6.20. The Labute approximate surface area is 54.2 Å². The molecule has 0 bridgehead atoms. The Bertz CT molecular complexity index is 78.8. The van der Waals surface area contributed by atoms with Gasteiger partial charge < -0.3 is 4.74 Å². The third-order valence-electron chi connectivity index (χ3n) is 1.37. The normalized spacial score (nSPS) is 38.2. The van der Waals surface area contributed by atoms with Crippen molar-refractivity contribution in [3.05, 3.63) is 0 Å². The van der Waals surface area contributed by atoms with Crippen molar-refractivity contribution in [1.82, 2.24) is 5.32 Å². The lowest BCUT2D eigenvalue weighted by Crippen LogP contribution is -2.16. The van der Waals surface area contributed by atoms with E-state index in [1.54, 1.807) is 7.11 Å². The van der Waals surface area contributed by atoms with Crippen molar-refractivity contribution in [2.75, 3.05) is 13.7 Å². The number of rotatable bonds is 1. The van der Waals surface area contributed by atoms with E-state index < -0.39 is 0 Å². The third-order valence-corrected chi connectivity index (χ3v) is 1.70. The predicted molar refractivity (Wildman–Crippen MR) is 33.1 cm³/mol. The van der Waals surface area contributed by atoms with Crippen molar-refractivity contribution in [2.45, 2.75) is 18.0 Å². The zero-order valence-electron chi connectivity index (χ0n) is 4.86. The summed E-state index contributed by atoms with van der Waals surface area (Å²) in [6.07, 6.45) is 1.26. The van der Waals surface area contributed by atoms with Crippen LogP contribution in [0.3, 0.4) is 0 Å². The zero-order valence-corrected chi connectivity index (χ0v) is 5.61. The highest BCUT2D eigenvalue weighted by Gasteiger charge is 2.20. The Morgan fingerprint density at radius 1 is 1.75 bits per heavy atom. The third kappa shape index (κ3) is 1.34. The van der Waals surface area contributed by atoms with Gasteiger partial charge in [0.15, 0.2) is 0 Å². The molecular weight excluding hydrogens is 126 g/mol. The summed E-state index contributed by atoms with van der Waals surface area (Å²) in [6, 6.07) is 0. The van der Waals surface area contributed by atoms with E-state index in [0.29, 0.717) is 6.10 Å². The summed E-state index contributed by atoms with van der Waals surface area (Å²) in [7, 11) is 1.71. The molecule has 1 N–H and O–H groups in total. The van der Waals surface area contributed by atoms with Crippen LogP contribution in [0.5, 0.6) is 0 Å². The average molecular weight is 136 g/mol. The Balaban J connectivity index is 2.22. The van der Waals surface area contributed by atoms with Crippen LogP contribution in [0, 0.1) is 0 Å². The first-order valence-electron chi connectivity index (χ1n) is 2.73. The quantitative estimate of drug-likeness (QED) is 0.419. The molecule has 2 nitrogen and oxygen atoms in total. The predicted octanol–water partition coefficient (Wildman–Crippen LogP) is 0.560. The molecule has 48 valence electrons. The van der Waals surface area contributed by atoms with Crippen LogP contribution in [-0.4, -0.2) is 25.3 Å². The molecule has 1 rings (SSSR count). The van der Waals surface area contributed by atoms with Gasteiger partial charge in [0.25, 0.3) is 0 Å². The van der Waals surface area contributed by atoms with Crippen LogP contribution in [0.1, 0.15) is 6.42 Å². The van der Waals surface area contributed by atoms with Gasteiger partial charge in [-0.25, -0.2) is 0 Å². The van der Waals surface area contributed by atoms with Crippen molar-refractivity contribution < 1.29 is 4.74 Å². The van der Waals surface area contributed by atoms with E-state index in [9.17, 15) is 0 Å². The lowest BCUT2D eigenvalue weighted by molar-refractivity contribution is 0.119. The van der Waals surface area contributed by atoms with Crippen LogP contribution >= 0.6 is 11.6 Å². The smallest absolute Gasteiger partial charge is 0.0851 e. The summed E-state index contributed by atoms with van der Waals surface area (Å²) in [5, 5.41) is 3.06. The van der Waals surface area contributed by atoms with Crippen molar-refractivity contribution >= 4 is 11.6 Å².